The minimum absolute atomic E-state index is 0.100. The van der Waals surface area contributed by atoms with Gasteiger partial charge in [-0.2, -0.15) is 0 Å². The Labute approximate surface area is 248 Å². The minimum Gasteiger partial charge on any atom is -0.465 e. The third-order valence-electron chi connectivity index (χ3n) is 7.48. The van der Waals surface area contributed by atoms with E-state index in [1.165, 1.54) is 17.7 Å². The molecule has 0 amide bonds. The molecule has 40 heavy (non-hydrogen) atoms. The van der Waals surface area contributed by atoms with Gasteiger partial charge in [-0.05, 0) is 46.2 Å². The third-order valence-corrected chi connectivity index (χ3v) is 9.80. The second kappa shape index (κ2) is 13.0. The van der Waals surface area contributed by atoms with Crippen LogP contribution < -0.4 is 4.90 Å². The molecular formula is C28H35ClN6O3S2. The quantitative estimate of drug-likeness (QED) is 0.240. The average Bonchev–Trinajstić information content (AvgIpc) is 3.65. The summed E-state index contributed by atoms with van der Waals surface area (Å²) in [5, 5.41) is 3.40. The number of halogens is 1. The summed E-state index contributed by atoms with van der Waals surface area (Å²) in [6.45, 7) is 10.9. The molecule has 9 nitrogen and oxygen atoms in total. The number of carbonyl (C=O) groups excluding carboxylic acids is 2. The van der Waals surface area contributed by atoms with E-state index in [-0.39, 0.29) is 24.2 Å². The molecule has 2 saturated heterocycles. The van der Waals surface area contributed by atoms with Crippen molar-refractivity contribution >= 4 is 51.8 Å². The Morgan fingerprint density at radius 2 is 2.00 bits per heavy atom. The Kier molecular flexibility index (Phi) is 9.47. The number of aromatic nitrogens is 3. The lowest BCUT2D eigenvalue weighted by molar-refractivity contribution is -0.144. The van der Waals surface area contributed by atoms with Crippen LogP contribution in [0.1, 0.15) is 54.0 Å². The van der Waals surface area contributed by atoms with Gasteiger partial charge in [0.15, 0.2) is 5.78 Å². The number of piperazine rings is 1. The van der Waals surface area contributed by atoms with Gasteiger partial charge in [-0.1, -0.05) is 11.6 Å². The number of rotatable bonds is 10. The van der Waals surface area contributed by atoms with Gasteiger partial charge in [0, 0.05) is 48.5 Å². The molecule has 0 spiro atoms. The average molecular weight is 603 g/mol. The van der Waals surface area contributed by atoms with E-state index >= 15 is 0 Å². The molecule has 3 aromatic heterocycles. The molecule has 2 aliphatic heterocycles. The molecule has 2 atom stereocenters. The first-order valence-electron chi connectivity index (χ1n) is 13.8. The number of nitrogens with zero attached hydrogens (tertiary/aromatic N) is 6. The maximum atomic E-state index is 13.2. The number of carbonyl (C=O) groups is 2. The van der Waals surface area contributed by atoms with Gasteiger partial charge in [-0.3, -0.25) is 19.4 Å². The predicted molar refractivity (Wildman–Crippen MR) is 159 cm³/mol. The number of hydrogen-bond acceptors (Lipinski definition) is 11. The number of ether oxygens (including phenoxy) is 1. The van der Waals surface area contributed by atoms with Crippen LogP contribution in [0.3, 0.4) is 0 Å². The van der Waals surface area contributed by atoms with Crippen molar-refractivity contribution in [1.82, 2.24) is 24.8 Å². The zero-order valence-electron chi connectivity index (χ0n) is 23.1. The van der Waals surface area contributed by atoms with Gasteiger partial charge in [0.2, 0.25) is 0 Å². The first-order chi connectivity index (χ1) is 19.3. The first-order valence-corrected chi connectivity index (χ1v) is 15.8. The summed E-state index contributed by atoms with van der Waals surface area (Å²) in [6, 6.07) is 2.64. The highest BCUT2D eigenvalue weighted by molar-refractivity contribution is 7.15. The van der Waals surface area contributed by atoms with Crippen LogP contribution in [-0.2, 0) is 22.5 Å². The van der Waals surface area contributed by atoms with E-state index in [9.17, 15) is 9.59 Å². The second-order valence-electron chi connectivity index (χ2n) is 10.4. The van der Waals surface area contributed by atoms with Crippen molar-refractivity contribution in [3.05, 3.63) is 44.4 Å². The molecule has 0 unspecified atom stereocenters. The van der Waals surface area contributed by atoms with Crippen molar-refractivity contribution in [3.63, 3.8) is 0 Å². The number of esters is 1. The van der Waals surface area contributed by atoms with Crippen molar-refractivity contribution in [2.75, 3.05) is 44.2 Å². The van der Waals surface area contributed by atoms with Crippen molar-refractivity contribution in [1.29, 1.82) is 0 Å². The molecule has 0 bridgehead atoms. The standard InChI is InChI=1S/C28H35ClN6O3S2/c1-4-38-27(37)16-33-8-9-35(19(3)14-33)25-13-30-21(12-31-25)22(36)11-26-32-28(23-10-20(29)17-39-23)24(40-26)15-34-7-5-6-18(34)2/h10,12-13,17-19H,4-9,11,14-16H2,1-3H3/t18-,19-/m1/s1. The van der Waals surface area contributed by atoms with Crippen LogP contribution in [0.4, 0.5) is 5.82 Å². The Balaban J connectivity index is 1.24. The van der Waals surface area contributed by atoms with Crippen molar-refractivity contribution < 1.29 is 14.3 Å². The van der Waals surface area contributed by atoms with E-state index in [2.05, 4.69) is 38.5 Å². The van der Waals surface area contributed by atoms with Gasteiger partial charge < -0.3 is 9.64 Å². The highest BCUT2D eigenvalue weighted by Crippen LogP contribution is 2.36. The van der Waals surface area contributed by atoms with Crippen LogP contribution in [0.15, 0.2) is 23.8 Å². The van der Waals surface area contributed by atoms with Crippen LogP contribution in [0.25, 0.3) is 10.6 Å². The maximum absolute atomic E-state index is 13.2. The van der Waals surface area contributed by atoms with Crippen molar-refractivity contribution in [2.24, 2.45) is 0 Å². The van der Waals surface area contributed by atoms with Crippen LogP contribution in [-0.4, -0.2) is 87.9 Å². The summed E-state index contributed by atoms with van der Waals surface area (Å²) >= 11 is 9.41. The number of anilines is 1. The second-order valence-corrected chi connectivity index (χ2v) is 12.9. The molecule has 0 aliphatic carbocycles. The first kappa shape index (κ1) is 29.1. The molecule has 12 heteroatoms. The van der Waals surface area contributed by atoms with Crippen molar-refractivity contribution in [2.45, 2.75) is 58.7 Å². The zero-order chi connectivity index (χ0) is 28.2. The molecule has 2 aliphatic rings. The van der Waals surface area contributed by atoms with Crippen LogP contribution in [0.5, 0.6) is 0 Å². The summed E-state index contributed by atoms with van der Waals surface area (Å²) < 4.78 is 5.08. The van der Waals surface area contributed by atoms with Gasteiger partial charge >= 0.3 is 5.97 Å². The number of ketones is 1. The summed E-state index contributed by atoms with van der Waals surface area (Å²) in [7, 11) is 0. The molecule has 0 radical (unpaired) electrons. The highest BCUT2D eigenvalue weighted by Gasteiger charge is 2.27. The normalized spacial score (nSPS) is 20.2. The van der Waals surface area contributed by atoms with E-state index in [1.54, 1.807) is 35.1 Å². The molecule has 0 aromatic carbocycles. The monoisotopic (exact) mass is 602 g/mol. The number of Topliss-reactive ketones (excluding diaryl/α,β-unsaturated/α-hetero) is 1. The minimum atomic E-state index is -0.199. The topological polar surface area (TPSA) is 91.8 Å². The van der Waals surface area contributed by atoms with Gasteiger partial charge in [0.25, 0.3) is 0 Å². The zero-order valence-corrected chi connectivity index (χ0v) is 25.5. The largest absolute Gasteiger partial charge is 0.465 e. The van der Waals surface area contributed by atoms with Gasteiger partial charge in [0.1, 0.15) is 16.5 Å². The Morgan fingerprint density at radius 1 is 1.15 bits per heavy atom. The summed E-state index contributed by atoms with van der Waals surface area (Å²) in [6.07, 6.45) is 5.84. The Hall–Kier alpha value is -2.44. The summed E-state index contributed by atoms with van der Waals surface area (Å²) in [5.74, 6) is 0.431. The van der Waals surface area contributed by atoms with Gasteiger partial charge in [-0.15, -0.1) is 22.7 Å². The predicted octanol–water partition coefficient (Wildman–Crippen LogP) is 4.80. The van der Waals surface area contributed by atoms with E-state index in [4.69, 9.17) is 21.3 Å². The Bertz CT molecular complexity index is 1330. The number of thiazole rings is 1. The van der Waals surface area contributed by atoms with E-state index in [1.807, 2.05) is 18.4 Å². The highest BCUT2D eigenvalue weighted by atomic mass is 35.5. The number of thiophene rings is 1. The SMILES string of the molecule is CCOC(=O)CN1CCN(c2cnc(C(=O)Cc3nc(-c4cc(Cl)cs4)c(CN4CCC[C@H]4C)s3)cn2)[C@H](C)C1. The molecular weight excluding hydrogens is 568 g/mol. The Morgan fingerprint density at radius 3 is 2.65 bits per heavy atom. The maximum Gasteiger partial charge on any atom is 0.320 e. The molecule has 0 N–H and O–H groups in total. The molecule has 5 heterocycles. The fourth-order valence-corrected chi connectivity index (χ4v) is 7.64. The van der Waals surface area contributed by atoms with E-state index < -0.39 is 0 Å². The molecule has 2 fully saturated rings. The van der Waals surface area contributed by atoms with Crippen LogP contribution in [0.2, 0.25) is 5.02 Å². The van der Waals surface area contributed by atoms with Crippen LogP contribution in [0, 0.1) is 0 Å². The molecule has 3 aromatic rings. The summed E-state index contributed by atoms with van der Waals surface area (Å²) in [4.78, 5) is 47.9. The smallest absolute Gasteiger partial charge is 0.320 e. The lowest BCUT2D eigenvalue weighted by Crippen LogP contribution is -2.53. The van der Waals surface area contributed by atoms with Gasteiger partial charge in [-0.25, -0.2) is 15.0 Å². The molecule has 5 rings (SSSR count). The van der Waals surface area contributed by atoms with Gasteiger partial charge in [0.05, 0.1) is 47.6 Å². The van der Waals surface area contributed by atoms with E-state index in [0.29, 0.717) is 29.9 Å². The lowest BCUT2D eigenvalue weighted by atomic mass is 10.2. The number of hydrogen-bond donors (Lipinski definition) is 0. The van der Waals surface area contributed by atoms with Crippen molar-refractivity contribution in [3.8, 4) is 10.6 Å². The third kappa shape index (κ3) is 6.88. The number of likely N-dealkylation sites (tertiary alicyclic amines) is 1. The van der Waals surface area contributed by atoms with Crippen LogP contribution >= 0.6 is 34.3 Å². The lowest BCUT2D eigenvalue weighted by Gasteiger charge is -2.39. The fourth-order valence-electron chi connectivity index (χ4n) is 5.37. The molecule has 0 saturated carbocycles. The molecule has 214 valence electrons. The van der Waals surface area contributed by atoms with E-state index in [0.717, 1.165) is 54.1 Å². The fraction of sp³-hybridized carbons (Fsp3) is 0.536. The summed E-state index contributed by atoms with van der Waals surface area (Å²) in [5.41, 5.74) is 1.27.